The zero-order valence-corrected chi connectivity index (χ0v) is 34.9. The van der Waals surface area contributed by atoms with Gasteiger partial charge in [-0.15, -0.1) is 11.3 Å². The number of morpholine rings is 1. The molecule has 0 unspecified atom stereocenters. The monoisotopic (exact) mass is 903 g/mol. The molecule has 1 aliphatic heterocycles. The van der Waals surface area contributed by atoms with Gasteiger partial charge in [0.2, 0.25) is 0 Å². The van der Waals surface area contributed by atoms with Gasteiger partial charge in [0.1, 0.15) is 5.78 Å². The Morgan fingerprint density at radius 1 is 0.854 bits per heavy atom. The number of aryl methyl sites for hydroxylation is 5. The lowest BCUT2D eigenvalue weighted by Gasteiger charge is -2.10. The van der Waals surface area contributed by atoms with Crippen LogP contribution in [-0.2, 0) is 9.53 Å². The summed E-state index contributed by atoms with van der Waals surface area (Å²) in [7, 11) is 1.87. The van der Waals surface area contributed by atoms with E-state index >= 15 is 0 Å². The average molecular weight is 904 g/mol. The highest BCUT2D eigenvalue weighted by Crippen LogP contribution is 2.34. The summed E-state index contributed by atoms with van der Waals surface area (Å²) in [4.78, 5) is 35.3. The van der Waals surface area contributed by atoms with Crippen molar-refractivity contribution in [3.05, 3.63) is 84.8 Å². The van der Waals surface area contributed by atoms with Gasteiger partial charge in [0.15, 0.2) is 11.6 Å². The van der Waals surface area contributed by atoms with Gasteiger partial charge in [-0.25, -0.2) is 0 Å². The number of halogens is 2. The van der Waals surface area contributed by atoms with Crippen LogP contribution >= 0.6 is 48.6 Å². The van der Waals surface area contributed by atoms with Crippen LogP contribution in [0.2, 0.25) is 0 Å². The summed E-state index contributed by atoms with van der Waals surface area (Å²) >= 11 is 5.88. The zero-order valence-electron chi connectivity index (χ0n) is 29.8. The Bertz CT molecular complexity index is 1470. The summed E-state index contributed by atoms with van der Waals surface area (Å²) in [6.07, 6.45) is 0.627. The maximum absolute atomic E-state index is 12.8. The second kappa shape index (κ2) is 25.7. The van der Waals surface area contributed by atoms with E-state index in [0.29, 0.717) is 12.0 Å². The summed E-state index contributed by atoms with van der Waals surface area (Å²) < 4.78 is 5.01. The average Bonchev–Trinajstić information content (AvgIpc) is 3.36. The molecular formula is C38H55I2N3O4S. The van der Waals surface area contributed by atoms with Crippen molar-refractivity contribution in [2.45, 2.75) is 89.5 Å². The first-order valence-electron chi connectivity index (χ1n) is 15.5. The molecule has 10 heteroatoms. The quantitative estimate of drug-likeness (QED) is 0.187. The van der Waals surface area contributed by atoms with E-state index in [1.165, 1.54) is 27.1 Å². The molecule has 3 aromatic rings. The minimum atomic E-state index is -0.0984. The van der Waals surface area contributed by atoms with E-state index in [0.717, 1.165) is 59.1 Å². The molecule has 48 heavy (non-hydrogen) atoms. The standard InChI is InChI=1S/C17H21NOS.C12H13NO.C4H9NO.C4H8O.CH4.I2/c1-9-7-14(8-10(2)11(9)3)16(19)15-12(4)13(5)20-17(15)18-6;1-8-6-11(12(14)4-5-13)7-9(2)10(8)3;1-3-6-4-2-5-1;1-3-4(2)5;;1-2/h7-8,18H,1-6H3;6-7H,4H2,1-3H3;5H,1-4H2;3H2,1-2H3;1H4;. The van der Waals surface area contributed by atoms with Crippen LogP contribution < -0.4 is 10.6 Å². The molecule has 0 atom stereocenters. The number of rotatable bonds is 6. The Hall–Kier alpha value is -2.18. The number of nitriles is 1. The van der Waals surface area contributed by atoms with Crippen LogP contribution in [0.25, 0.3) is 0 Å². The van der Waals surface area contributed by atoms with Gasteiger partial charge in [0, 0.05) is 79.8 Å². The predicted octanol–water partition coefficient (Wildman–Crippen LogP) is 10.3. The number of ketones is 3. The number of hydrogen-bond acceptors (Lipinski definition) is 8. The number of ether oxygens (including phenoxy) is 1. The number of carbonyl (C=O) groups is 3. The van der Waals surface area contributed by atoms with Gasteiger partial charge in [-0.3, -0.25) is 9.59 Å². The van der Waals surface area contributed by atoms with Crippen molar-refractivity contribution in [3.63, 3.8) is 0 Å². The minimum absolute atomic E-state index is 0. The van der Waals surface area contributed by atoms with E-state index in [-0.39, 0.29) is 31.2 Å². The van der Waals surface area contributed by atoms with Crippen molar-refractivity contribution in [3.8, 4) is 6.07 Å². The summed E-state index contributed by atoms with van der Waals surface area (Å²) in [6, 6.07) is 9.56. The second-order valence-corrected chi connectivity index (χ2v) is 12.4. The highest BCUT2D eigenvalue weighted by molar-refractivity contribution is 15.0. The van der Waals surface area contributed by atoms with Gasteiger partial charge in [0.25, 0.3) is 0 Å². The van der Waals surface area contributed by atoms with E-state index in [4.69, 9.17) is 10.00 Å². The first kappa shape index (κ1) is 47.9. The Kier molecular flexibility index (Phi) is 25.7. The molecule has 0 amide bonds. The normalized spacial score (nSPS) is 11.2. The van der Waals surface area contributed by atoms with Crippen molar-refractivity contribution in [1.82, 2.24) is 5.32 Å². The molecule has 7 nitrogen and oxygen atoms in total. The lowest BCUT2D eigenvalue weighted by molar-refractivity contribution is -0.116. The van der Waals surface area contributed by atoms with Crippen LogP contribution in [0.15, 0.2) is 24.3 Å². The molecule has 2 N–H and O–H groups in total. The number of nitrogens with one attached hydrogen (secondary N) is 2. The molecule has 1 aromatic heterocycles. The molecule has 1 aliphatic rings. The smallest absolute Gasteiger partial charge is 0.196 e. The Morgan fingerprint density at radius 2 is 1.27 bits per heavy atom. The fourth-order valence-electron chi connectivity index (χ4n) is 4.27. The van der Waals surface area contributed by atoms with Crippen LogP contribution in [0, 0.1) is 66.7 Å². The molecule has 0 saturated carbocycles. The maximum atomic E-state index is 12.8. The highest BCUT2D eigenvalue weighted by atomic mass is 128. The number of benzene rings is 2. The first-order chi connectivity index (χ1) is 22.2. The Labute approximate surface area is 317 Å². The lowest BCUT2D eigenvalue weighted by Crippen LogP contribution is -2.30. The molecule has 1 fully saturated rings. The van der Waals surface area contributed by atoms with E-state index in [1.807, 2.05) is 72.0 Å². The van der Waals surface area contributed by atoms with Crippen LogP contribution in [0.5, 0.6) is 0 Å². The highest BCUT2D eigenvalue weighted by Gasteiger charge is 2.21. The molecule has 1 saturated heterocycles. The number of carbonyl (C=O) groups excluding carboxylic acids is 3. The van der Waals surface area contributed by atoms with Gasteiger partial charge in [0.05, 0.1) is 36.3 Å². The fraction of sp³-hybridized carbons (Fsp3) is 0.474. The second-order valence-electron chi connectivity index (χ2n) is 11.2. The predicted molar refractivity (Wildman–Crippen MR) is 222 cm³/mol. The summed E-state index contributed by atoms with van der Waals surface area (Å²) in [5, 5.41) is 15.7. The van der Waals surface area contributed by atoms with Crippen LogP contribution in [0.3, 0.4) is 0 Å². The molecule has 266 valence electrons. The van der Waals surface area contributed by atoms with Crippen LogP contribution in [0.1, 0.15) is 104 Å². The number of hydrogen-bond donors (Lipinski definition) is 2. The molecule has 0 aliphatic carbocycles. The third kappa shape index (κ3) is 16.0. The molecule has 2 aromatic carbocycles. The molecule has 0 spiro atoms. The summed E-state index contributed by atoms with van der Waals surface area (Å²) in [5.41, 5.74) is 10.3. The Balaban J connectivity index is 0. The van der Waals surface area contributed by atoms with Crippen molar-refractivity contribution in [2.75, 3.05) is 38.7 Å². The molecule has 2 heterocycles. The van der Waals surface area contributed by atoms with Crippen LogP contribution in [0.4, 0.5) is 5.00 Å². The molecule has 0 bridgehead atoms. The van der Waals surface area contributed by atoms with Crippen LogP contribution in [-0.4, -0.2) is 50.7 Å². The SMILES string of the molecule is C.C1COCCN1.CCC(C)=O.CNc1sc(C)c(C)c1C(=O)c1cc(C)c(C)c(C)c1.Cc1cc(C(=O)CC#N)cc(C)c1C.II. The number of nitrogens with zero attached hydrogens (tertiary/aromatic N) is 1. The Morgan fingerprint density at radius 3 is 1.58 bits per heavy atom. The topological polar surface area (TPSA) is 108 Å². The zero-order chi connectivity index (χ0) is 36.3. The largest absolute Gasteiger partial charge is 0.379 e. The summed E-state index contributed by atoms with van der Waals surface area (Å²) in [6.45, 7) is 23.5. The van der Waals surface area contributed by atoms with Crippen molar-refractivity contribution < 1.29 is 19.1 Å². The van der Waals surface area contributed by atoms with E-state index in [9.17, 15) is 14.4 Å². The van der Waals surface area contributed by atoms with Gasteiger partial charge < -0.3 is 20.2 Å². The third-order valence-corrected chi connectivity index (χ3v) is 9.09. The molecule has 4 rings (SSSR count). The minimum Gasteiger partial charge on any atom is -0.379 e. The van der Waals surface area contributed by atoms with E-state index < -0.39 is 0 Å². The van der Waals surface area contributed by atoms with Gasteiger partial charge >= 0.3 is 0 Å². The first-order valence-corrected chi connectivity index (χ1v) is 22.6. The third-order valence-electron chi connectivity index (χ3n) is 7.86. The van der Waals surface area contributed by atoms with Gasteiger partial charge in [-0.2, -0.15) is 5.26 Å². The van der Waals surface area contributed by atoms with Gasteiger partial charge in [-0.1, -0.05) is 14.4 Å². The van der Waals surface area contributed by atoms with E-state index in [1.54, 1.807) is 18.3 Å². The van der Waals surface area contributed by atoms with Crippen molar-refractivity contribution in [1.29, 1.82) is 5.26 Å². The summed E-state index contributed by atoms with van der Waals surface area (Å²) in [5.74, 6) is 0.270. The van der Waals surface area contributed by atoms with Crippen molar-refractivity contribution in [2.24, 2.45) is 0 Å². The number of thiophene rings is 1. The number of anilines is 1. The lowest BCUT2D eigenvalue weighted by atomic mass is 9.95. The number of Topliss-reactive ketones (excluding diaryl/α,β-unsaturated/α-hetero) is 2. The molecular weight excluding hydrogens is 848 g/mol. The van der Waals surface area contributed by atoms with Crippen molar-refractivity contribution >= 4 is 70.9 Å². The maximum Gasteiger partial charge on any atom is 0.196 e. The van der Waals surface area contributed by atoms with Gasteiger partial charge in [-0.05, 0) is 126 Å². The fourth-order valence-corrected chi connectivity index (χ4v) is 5.29. The molecule has 0 radical (unpaired) electrons. The van der Waals surface area contributed by atoms with E-state index in [2.05, 4.69) is 75.6 Å².